The number of halogens is 1. The molecule has 198 valence electrons. The molecule has 0 aliphatic carbocycles. The fraction of sp³-hybridized carbons (Fsp3) is 0.103. The molecule has 0 saturated carbocycles. The van der Waals surface area contributed by atoms with Gasteiger partial charge in [0, 0.05) is 16.3 Å². The third-order valence-corrected chi connectivity index (χ3v) is 6.24. The number of methoxy groups -OCH3 is 2. The number of amides is 2. The molecule has 9 nitrogen and oxygen atoms in total. The minimum atomic E-state index is -0.991. The van der Waals surface area contributed by atoms with Crippen molar-refractivity contribution in [1.29, 1.82) is 0 Å². The van der Waals surface area contributed by atoms with Gasteiger partial charge in [-0.1, -0.05) is 48.0 Å². The van der Waals surface area contributed by atoms with E-state index in [1.807, 2.05) is 24.3 Å². The summed E-state index contributed by atoms with van der Waals surface area (Å²) in [5.74, 6) is -1.50. The van der Waals surface area contributed by atoms with Crippen LogP contribution in [0.4, 0.5) is 5.69 Å². The van der Waals surface area contributed by atoms with E-state index in [4.69, 9.17) is 25.8 Å². The molecule has 0 aliphatic heterocycles. The summed E-state index contributed by atoms with van der Waals surface area (Å²) in [5, 5.41) is 8.47. The zero-order valence-electron chi connectivity index (χ0n) is 21.3. The molecule has 0 heterocycles. The fourth-order valence-corrected chi connectivity index (χ4v) is 3.92. The molecular weight excluding hydrogens is 522 g/mol. The third kappa shape index (κ3) is 6.16. The molecular formula is C29H24ClN3O6. The lowest BCUT2D eigenvalue weighted by Crippen LogP contribution is -2.32. The van der Waals surface area contributed by atoms with Gasteiger partial charge in [-0.2, -0.15) is 5.10 Å². The summed E-state index contributed by atoms with van der Waals surface area (Å²) in [5.41, 5.74) is 3.90. The van der Waals surface area contributed by atoms with E-state index in [1.165, 1.54) is 26.5 Å². The maximum atomic E-state index is 13.0. The SMILES string of the molecule is COc1ccc(C(=O)Oc2ccc3ccccc3c2/C=N\NC(=O)C(=O)Nc2cccc(Cl)c2C)cc1OC. The van der Waals surface area contributed by atoms with E-state index in [-0.39, 0.29) is 11.3 Å². The number of anilines is 1. The normalized spacial score (nSPS) is 10.8. The van der Waals surface area contributed by atoms with E-state index in [9.17, 15) is 14.4 Å². The Morgan fingerprint density at radius 3 is 2.36 bits per heavy atom. The number of benzene rings is 4. The average Bonchev–Trinajstić information content (AvgIpc) is 2.95. The fourth-order valence-electron chi connectivity index (χ4n) is 3.75. The smallest absolute Gasteiger partial charge is 0.343 e. The molecule has 4 aromatic rings. The number of hydrazone groups is 1. The van der Waals surface area contributed by atoms with Gasteiger partial charge in [0.2, 0.25) is 0 Å². The van der Waals surface area contributed by atoms with Gasteiger partial charge < -0.3 is 19.5 Å². The molecule has 0 radical (unpaired) electrons. The van der Waals surface area contributed by atoms with Gasteiger partial charge in [0.05, 0.1) is 26.0 Å². The molecule has 0 atom stereocenters. The minimum Gasteiger partial charge on any atom is -0.493 e. The van der Waals surface area contributed by atoms with E-state index < -0.39 is 17.8 Å². The Kier molecular flexibility index (Phi) is 8.43. The second-order valence-electron chi connectivity index (χ2n) is 8.22. The molecule has 0 aliphatic rings. The monoisotopic (exact) mass is 545 g/mol. The zero-order valence-corrected chi connectivity index (χ0v) is 22.0. The predicted molar refractivity (Wildman–Crippen MR) is 149 cm³/mol. The number of nitrogens with zero attached hydrogens (tertiary/aromatic N) is 1. The van der Waals surface area contributed by atoms with Crippen LogP contribution in [0.2, 0.25) is 5.02 Å². The van der Waals surface area contributed by atoms with Gasteiger partial charge in [0.1, 0.15) is 5.75 Å². The van der Waals surface area contributed by atoms with Crippen LogP contribution in [0.3, 0.4) is 0 Å². The summed E-state index contributed by atoms with van der Waals surface area (Å²) in [7, 11) is 2.97. The first-order chi connectivity index (χ1) is 18.8. The predicted octanol–water partition coefficient (Wildman–Crippen LogP) is 5.13. The van der Waals surface area contributed by atoms with Crippen molar-refractivity contribution in [2.75, 3.05) is 19.5 Å². The second kappa shape index (κ2) is 12.1. The average molecular weight is 546 g/mol. The van der Waals surface area contributed by atoms with E-state index in [0.717, 1.165) is 5.39 Å². The Morgan fingerprint density at radius 2 is 1.59 bits per heavy atom. The van der Waals surface area contributed by atoms with Crippen molar-refractivity contribution in [2.45, 2.75) is 6.92 Å². The Morgan fingerprint density at radius 1 is 0.846 bits per heavy atom. The topological polar surface area (TPSA) is 115 Å². The van der Waals surface area contributed by atoms with Crippen LogP contribution < -0.4 is 25.0 Å². The van der Waals surface area contributed by atoms with Crippen LogP contribution in [0.1, 0.15) is 21.5 Å². The lowest BCUT2D eigenvalue weighted by Gasteiger charge is -2.12. The van der Waals surface area contributed by atoms with Crippen LogP contribution in [-0.4, -0.2) is 38.2 Å². The molecule has 0 fully saturated rings. The first-order valence-corrected chi connectivity index (χ1v) is 12.1. The quantitative estimate of drug-likeness (QED) is 0.109. The number of rotatable bonds is 7. The first kappa shape index (κ1) is 27.2. The molecule has 2 N–H and O–H groups in total. The molecule has 10 heteroatoms. The second-order valence-corrected chi connectivity index (χ2v) is 8.63. The lowest BCUT2D eigenvalue weighted by atomic mass is 10.0. The summed E-state index contributed by atoms with van der Waals surface area (Å²) in [6.07, 6.45) is 1.31. The van der Waals surface area contributed by atoms with E-state index in [1.54, 1.807) is 49.4 Å². The number of fused-ring (bicyclic) bond motifs is 1. The van der Waals surface area contributed by atoms with Crippen LogP contribution >= 0.6 is 11.6 Å². The summed E-state index contributed by atoms with van der Waals surface area (Å²) >= 11 is 6.07. The molecule has 0 spiro atoms. The molecule has 4 aromatic carbocycles. The highest BCUT2D eigenvalue weighted by Crippen LogP contribution is 2.30. The Balaban J connectivity index is 1.56. The molecule has 39 heavy (non-hydrogen) atoms. The van der Waals surface area contributed by atoms with Gasteiger partial charge >= 0.3 is 17.8 Å². The summed E-state index contributed by atoms with van der Waals surface area (Å²) in [4.78, 5) is 37.7. The zero-order chi connectivity index (χ0) is 27.9. The highest BCUT2D eigenvalue weighted by Gasteiger charge is 2.17. The summed E-state index contributed by atoms with van der Waals surface area (Å²) < 4.78 is 16.2. The van der Waals surface area contributed by atoms with Crippen molar-refractivity contribution in [1.82, 2.24) is 5.43 Å². The van der Waals surface area contributed by atoms with Crippen molar-refractivity contribution in [3.8, 4) is 17.2 Å². The number of hydrogen-bond acceptors (Lipinski definition) is 7. The summed E-state index contributed by atoms with van der Waals surface area (Å²) in [6, 6.07) is 20.4. The van der Waals surface area contributed by atoms with E-state index in [2.05, 4.69) is 15.8 Å². The van der Waals surface area contributed by atoms with Crippen molar-refractivity contribution < 1.29 is 28.6 Å². The number of esters is 1. The van der Waals surface area contributed by atoms with Crippen LogP contribution in [-0.2, 0) is 9.59 Å². The molecule has 4 rings (SSSR count). The van der Waals surface area contributed by atoms with Gasteiger partial charge in [0.25, 0.3) is 0 Å². The first-order valence-electron chi connectivity index (χ1n) is 11.7. The van der Waals surface area contributed by atoms with Crippen LogP contribution in [0.15, 0.2) is 77.9 Å². The van der Waals surface area contributed by atoms with Crippen LogP contribution in [0, 0.1) is 6.92 Å². The highest BCUT2D eigenvalue weighted by molar-refractivity contribution is 6.40. The molecule has 0 aromatic heterocycles. The molecule has 0 bridgehead atoms. The van der Waals surface area contributed by atoms with Gasteiger partial charge in [-0.3, -0.25) is 9.59 Å². The number of hydrogen-bond donors (Lipinski definition) is 2. The Hall–Kier alpha value is -4.89. The van der Waals surface area contributed by atoms with Crippen LogP contribution in [0.5, 0.6) is 17.2 Å². The highest BCUT2D eigenvalue weighted by atomic mass is 35.5. The summed E-state index contributed by atoms with van der Waals surface area (Å²) in [6.45, 7) is 1.72. The third-order valence-electron chi connectivity index (χ3n) is 5.83. The van der Waals surface area contributed by atoms with Crippen LogP contribution in [0.25, 0.3) is 10.8 Å². The maximum Gasteiger partial charge on any atom is 0.343 e. The molecule has 0 saturated heterocycles. The lowest BCUT2D eigenvalue weighted by molar-refractivity contribution is -0.136. The van der Waals surface area contributed by atoms with Gasteiger partial charge in [0.15, 0.2) is 11.5 Å². The number of carbonyl (C=O) groups is 3. The van der Waals surface area contributed by atoms with Crippen molar-refractivity contribution >= 4 is 52.1 Å². The van der Waals surface area contributed by atoms with Gasteiger partial charge in [-0.15, -0.1) is 0 Å². The number of ether oxygens (including phenoxy) is 3. The minimum absolute atomic E-state index is 0.200. The van der Waals surface area contributed by atoms with E-state index >= 15 is 0 Å². The van der Waals surface area contributed by atoms with Crippen molar-refractivity contribution in [2.24, 2.45) is 5.10 Å². The van der Waals surface area contributed by atoms with Gasteiger partial charge in [-0.05, 0) is 59.7 Å². The van der Waals surface area contributed by atoms with Gasteiger partial charge in [-0.25, -0.2) is 10.2 Å². The molecule has 2 amide bonds. The number of nitrogens with one attached hydrogen (secondary N) is 2. The van der Waals surface area contributed by atoms with Crippen molar-refractivity contribution in [3.05, 3.63) is 94.5 Å². The molecule has 0 unspecified atom stereocenters. The standard InChI is InChI=1S/C29H24ClN3O6/c1-17-22(30)9-6-10-23(17)32-27(34)28(35)33-31-16-21-20-8-5-4-7-18(20)11-13-24(21)39-29(36)19-12-14-25(37-2)26(15-19)38-3/h4-16H,1-3H3,(H,32,34)(H,33,35)/b31-16-. The Bertz CT molecular complexity index is 1600. The number of carbonyl (C=O) groups excluding carboxylic acids is 3. The Labute approximate surface area is 229 Å². The van der Waals surface area contributed by atoms with Crippen molar-refractivity contribution in [3.63, 3.8) is 0 Å². The maximum absolute atomic E-state index is 13.0. The largest absolute Gasteiger partial charge is 0.493 e. The van der Waals surface area contributed by atoms with E-state index in [0.29, 0.717) is 38.7 Å².